The summed E-state index contributed by atoms with van der Waals surface area (Å²) in [6.45, 7) is 8.35. The van der Waals surface area contributed by atoms with E-state index in [2.05, 4.69) is 10.9 Å². The highest BCUT2D eigenvalue weighted by atomic mass is 19.1. The number of hydrogen-bond donors (Lipinski definition) is 2. The molecule has 0 aliphatic heterocycles. The molecule has 0 aromatic heterocycles. The Morgan fingerprint density at radius 3 is 2.30 bits per heavy atom. The van der Waals surface area contributed by atoms with Crippen LogP contribution in [-0.2, 0) is 4.79 Å². The Labute approximate surface area is 175 Å². The first kappa shape index (κ1) is 23.0. The number of amides is 2. The van der Waals surface area contributed by atoms with Crippen molar-refractivity contribution in [1.82, 2.24) is 10.9 Å². The van der Waals surface area contributed by atoms with Gasteiger partial charge in [0.2, 0.25) is 0 Å². The number of hydrazine groups is 1. The molecule has 2 rings (SSSR count). The maximum Gasteiger partial charge on any atom is 0.279 e. The summed E-state index contributed by atoms with van der Waals surface area (Å²) in [7, 11) is 0. The highest BCUT2D eigenvalue weighted by Crippen LogP contribution is 2.29. The molecule has 2 amide bonds. The summed E-state index contributed by atoms with van der Waals surface area (Å²) >= 11 is 0. The van der Waals surface area contributed by atoms with Crippen molar-refractivity contribution >= 4 is 11.8 Å². The monoisotopic (exact) mass is 418 g/mol. The minimum Gasteiger partial charge on any atom is -0.490 e. The third-order valence-corrected chi connectivity index (χ3v) is 3.87. The SMILES string of the molecule is CCOc1cc(C(=O)NNC(=O)[C@H](C)Oc2ccc(F)cc2)ccc1OCC(C)C. The molecule has 30 heavy (non-hydrogen) atoms. The third kappa shape index (κ3) is 6.95. The molecular formula is C22H27FN2O5. The van der Waals surface area contributed by atoms with Crippen LogP contribution in [0, 0.1) is 11.7 Å². The second-order valence-corrected chi connectivity index (χ2v) is 6.96. The van der Waals surface area contributed by atoms with Gasteiger partial charge in [-0.05, 0) is 62.2 Å². The van der Waals surface area contributed by atoms with Gasteiger partial charge in [0.1, 0.15) is 11.6 Å². The normalized spacial score (nSPS) is 11.5. The van der Waals surface area contributed by atoms with Gasteiger partial charge in [-0.25, -0.2) is 4.39 Å². The molecular weight excluding hydrogens is 391 g/mol. The fraction of sp³-hybridized carbons (Fsp3) is 0.364. The molecule has 0 aliphatic carbocycles. The van der Waals surface area contributed by atoms with Crippen LogP contribution in [0.25, 0.3) is 0 Å². The highest BCUT2D eigenvalue weighted by Gasteiger charge is 2.17. The van der Waals surface area contributed by atoms with Gasteiger partial charge in [0.15, 0.2) is 17.6 Å². The van der Waals surface area contributed by atoms with E-state index in [1.807, 2.05) is 20.8 Å². The van der Waals surface area contributed by atoms with Crippen LogP contribution in [0.1, 0.15) is 38.1 Å². The molecule has 1 atom stereocenters. The van der Waals surface area contributed by atoms with Crippen molar-refractivity contribution in [2.24, 2.45) is 5.92 Å². The van der Waals surface area contributed by atoms with Crippen molar-refractivity contribution in [1.29, 1.82) is 0 Å². The van der Waals surface area contributed by atoms with Crippen molar-refractivity contribution in [3.05, 3.63) is 53.8 Å². The van der Waals surface area contributed by atoms with E-state index in [-0.39, 0.29) is 0 Å². The minimum atomic E-state index is -0.901. The van der Waals surface area contributed by atoms with E-state index in [1.165, 1.54) is 31.2 Å². The molecule has 0 fully saturated rings. The second-order valence-electron chi connectivity index (χ2n) is 6.96. The smallest absolute Gasteiger partial charge is 0.279 e. The van der Waals surface area contributed by atoms with Gasteiger partial charge in [-0.1, -0.05) is 13.8 Å². The zero-order valence-electron chi connectivity index (χ0n) is 17.5. The van der Waals surface area contributed by atoms with Crippen LogP contribution in [0.3, 0.4) is 0 Å². The Morgan fingerprint density at radius 2 is 1.67 bits per heavy atom. The van der Waals surface area contributed by atoms with Gasteiger partial charge in [0, 0.05) is 5.56 Å². The maximum atomic E-state index is 12.9. The maximum absolute atomic E-state index is 12.9. The predicted molar refractivity (Wildman–Crippen MR) is 110 cm³/mol. The first-order valence-corrected chi connectivity index (χ1v) is 9.72. The lowest BCUT2D eigenvalue weighted by Gasteiger charge is -2.16. The second kappa shape index (κ2) is 11.0. The van der Waals surface area contributed by atoms with E-state index in [0.717, 1.165) is 0 Å². The number of carbonyl (C=O) groups excluding carboxylic acids is 2. The number of benzene rings is 2. The van der Waals surface area contributed by atoms with E-state index in [1.54, 1.807) is 18.2 Å². The molecule has 0 bridgehead atoms. The molecule has 0 radical (unpaired) electrons. The van der Waals surface area contributed by atoms with Crippen molar-refractivity contribution in [3.63, 3.8) is 0 Å². The highest BCUT2D eigenvalue weighted by molar-refractivity contribution is 5.96. The molecule has 0 spiro atoms. The molecule has 2 aromatic carbocycles. The van der Waals surface area contributed by atoms with E-state index in [9.17, 15) is 14.0 Å². The Kier molecular flexibility index (Phi) is 8.46. The zero-order chi connectivity index (χ0) is 22.1. The van der Waals surface area contributed by atoms with Crippen LogP contribution in [0.2, 0.25) is 0 Å². The van der Waals surface area contributed by atoms with Crippen LogP contribution >= 0.6 is 0 Å². The average Bonchev–Trinajstić information content (AvgIpc) is 2.72. The average molecular weight is 418 g/mol. The van der Waals surface area contributed by atoms with E-state index >= 15 is 0 Å². The molecule has 2 aromatic rings. The van der Waals surface area contributed by atoms with E-state index < -0.39 is 23.7 Å². The number of hydrogen-bond acceptors (Lipinski definition) is 5. The number of halogens is 1. The van der Waals surface area contributed by atoms with Crippen LogP contribution in [-0.4, -0.2) is 31.1 Å². The van der Waals surface area contributed by atoms with Crippen molar-refractivity contribution in [2.45, 2.75) is 33.8 Å². The molecule has 7 nitrogen and oxygen atoms in total. The zero-order valence-corrected chi connectivity index (χ0v) is 17.5. The molecule has 0 saturated carbocycles. The van der Waals surface area contributed by atoms with Crippen LogP contribution in [0.4, 0.5) is 4.39 Å². The summed E-state index contributed by atoms with van der Waals surface area (Å²) in [5.74, 6) is 0.195. The number of rotatable bonds is 9. The van der Waals surface area contributed by atoms with Gasteiger partial charge in [0.05, 0.1) is 13.2 Å². The molecule has 0 saturated heterocycles. The molecule has 0 aliphatic rings. The van der Waals surface area contributed by atoms with Crippen LogP contribution < -0.4 is 25.1 Å². The third-order valence-electron chi connectivity index (χ3n) is 3.87. The van der Waals surface area contributed by atoms with E-state index in [4.69, 9.17) is 14.2 Å². The quantitative estimate of drug-likeness (QED) is 0.609. The van der Waals surface area contributed by atoms with Gasteiger partial charge in [0.25, 0.3) is 11.8 Å². The summed E-state index contributed by atoms with van der Waals surface area (Å²) < 4.78 is 29.6. The summed E-state index contributed by atoms with van der Waals surface area (Å²) in [4.78, 5) is 24.5. The first-order chi connectivity index (χ1) is 14.3. The molecule has 0 heterocycles. The standard InChI is InChI=1S/C22H27FN2O5/c1-5-28-20-12-16(6-11-19(20)29-13-14(2)3)22(27)25-24-21(26)15(4)30-18-9-7-17(23)8-10-18/h6-12,14-15H,5,13H2,1-4H3,(H,24,26)(H,25,27)/t15-/m0/s1. The lowest BCUT2D eigenvalue weighted by molar-refractivity contribution is -0.128. The topological polar surface area (TPSA) is 85.9 Å². The lowest BCUT2D eigenvalue weighted by atomic mass is 10.2. The lowest BCUT2D eigenvalue weighted by Crippen LogP contribution is -2.47. The molecule has 8 heteroatoms. The number of ether oxygens (including phenoxy) is 3. The molecule has 2 N–H and O–H groups in total. The number of nitrogens with one attached hydrogen (secondary N) is 2. The summed E-state index contributed by atoms with van der Waals surface area (Å²) in [5.41, 5.74) is 4.94. The summed E-state index contributed by atoms with van der Waals surface area (Å²) in [6, 6.07) is 10.1. The fourth-order valence-electron chi connectivity index (χ4n) is 2.36. The Bertz CT molecular complexity index is 855. The summed E-state index contributed by atoms with van der Waals surface area (Å²) in [5, 5.41) is 0. The van der Waals surface area contributed by atoms with Crippen LogP contribution in [0.15, 0.2) is 42.5 Å². The Morgan fingerprint density at radius 1 is 0.967 bits per heavy atom. The van der Waals surface area contributed by atoms with Gasteiger partial charge in [-0.3, -0.25) is 20.4 Å². The van der Waals surface area contributed by atoms with Gasteiger partial charge < -0.3 is 14.2 Å². The predicted octanol–water partition coefficient (Wildman–Crippen LogP) is 3.49. The first-order valence-electron chi connectivity index (χ1n) is 9.72. The van der Waals surface area contributed by atoms with Crippen molar-refractivity contribution in [2.75, 3.05) is 13.2 Å². The minimum absolute atomic E-state index is 0.294. The molecule has 162 valence electrons. The Hall–Kier alpha value is -3.29. The van der Waals surface area contributed by atoms with Gasteiger partial charge >= 0.3 is 0 Å². The summed E-state index contributed by atoms with van der Waals surface area (Å²) in [6.07, 6.45) is -0.901. The largest absolute Gasteiger partial charge is 0.490 e. The Balaban J connectivity index is 1.94. The molecule has 0 unspecified atom stereocenters. The fourth-order valence-corrected chi connectivity index (χ4v) is 2.36. The van der Waals surface area contributed by atoms with Crippen molar-refractivity contribution in [3.8, 4) is 17.2 Å². The van der Waals surface area contributed by atoms with Gasteiger partial charge in [-0.2, -0.15) is 0 Å². The van der Waals surface area contributed by atoms with Crippen LogP contribution in [0.5, 0.6) is 17.2 Å². The van der Waals surface area contributed by atoms with Gasteiger partial charge in [-0.15, -0.1) is 0 Å². The number of carbonyl (C=O) groups is 2. The van der Waals surface area contributed by atoms with E-state index in [0.29, 0.717) is 41.9 Å². The van der Waals surface area contributed by atoms with Crippen molar-refractivity contribution < 1.29 is 28.2 Å².